The number of carbonyl (C=O) groups is 4. The van der Waals surface area contributed by atoms with Crippen LogP contribution in [0.4, 0.5) is 22.7 Å². The number of aromatic nitrogens is 6. The van der Waals surface area contributed by atoms with Crippen LogP contribution in [0.15, 0.2) is 104 Å². The van der Waals surface area contributed by atoms with Gasteiger partial charge in [-0.05, 0) is 99.4 Å². The number of benzene rings is 7. The first kappa shape index (κ1) is 95.2. The number of imide groups is 2. The maximum absolute atomic E-state index is 15.9. The van der Waals surface area contributed by atoms with Gasteiger partial charge in [0.2, 0.25) is 5.88 Å². The highest BCUT2D eigenvalue weighted by Crippen LogP contribution is 2.53. The monoisotopic (exact) mass is 1740 g/mol. The number of amides is 4. The largest absolute Gasteiger partial charge is 0.494 e. The lowest BCUT2D eigenvalue weighted by molar-refractivity contribution is 0.0496. The van der Waals surface area contributed by atoms with Crippen molar-refractivity contribution in [2.75, 3.05) is 57.0 Å². The number of aromatic hydroxyl groups is 1. The lowest BCUT2D eigenvalue weighted by Crippen LogP contribution is -2.50. The van der Waals surface area contributed by atoms with Gasteiger partial charge in [0, 0.05) is 139 Å². The van der Waals surface area contributed by atoms with Gasteiger partial charge in [0.1, 0.15) is 22.4 Å². The molecule has 11 aromatic rings. The Morgan fingerprint density at radius 2 is 0.695 bits per heavy atom. The summed E-state index contributed by atoms with van der Waals surface area (Å²) in [6, 6.07) is 26.4. The van der Waals surface area contributed by atoms with Crippen LogP contribution in [-0.4, -0.2) is 128 Å². The number of H-pyrrole nitrogens is 1. The Balaban J connectivity index is 0.000000223. The summed E-state index contributed by atoms with van der Waals surface area (Å²) in [6.45, 7) is 17.5. The minimum absolute atomic E-state index is 0.102. The number of para-hydroxylation sites is 3. The predicted molar refractivity (Wildman–Crippen MR) is 531 cm³/mol. The van der Waals surface area contributed by atoms with Crippen molar-refractivity contribution < 1.29 is 24.3 Å². The highest BCUT2D eigenvalue weighted by atomic mass is 16.3. The third-order valence-electron chi connectivity index (χ3n) is 27.8. The van der Waals surface area contributed by atoms with Gasteiger partial charge < -0.3 is 24.8 Å². The fraction of sp³-hybridized carbons (Fsp3) is 0.546. The van der Waals surface area contributed by atoms with Gasteiger partial charge in [0.05, 0.1) is 49.9 Å². The normalized spacial score (nSPS) is 13.4. The first-order chi connectivity index (χ1) is 62.2. The van der Waals surface area contributed by atoms with E-state index in [-0.39, 0.29) is 64.6 Å². The van der Waals surface area contributed by atoms with Crippen LogP contribution >= 0.6 is 0 Å². The molecular formula is C108H144N12O8. The quantitative estimate of drug-likeness (QED) is 0.0205. The lowest BCUT2D eigenvalue weighted by atomic mass is 9.79. The van der Waals surface area contributed by atoms with E-state index in [4.69, 9.17) is 19.9 Å². The molecule has 128 heavy (non-hydrogen) atoms. The average Bonchev–Trinajstić information content (AvgIpc) is 1.30. The van der Waals surface area contributed by atoms with E-state index >= 15 is 28.8 Å². The molecule has 4 aromatic heterocycles. The summed E-state index contributed by atoms with van der Waals surface area (Å²) in [7, 11) is 11.9. The number of hydrogen-bond acceptors (Lipinski definition) is 15. The SMILES string of the molecule is CCCCCCC(CCCCCC)N1C(=O)c2c3c(c4c5c(c6[nH]c(-c7ccccc7N(C)C)nc6c(c25)C1=O)C(=O)N(C(CCCCCC)CCCCCC)C4=O)N=C(c1ccccc1N(C)C)C3.CCCCCCC(CCCCCC)n1c(O)c2ccc3c(=O)n(C(CCCCCC)CCCCCC)c(=O)c4c5nc(-c6ccccc6N(C)C)nc5c(c1=O)c2c34. The molecule has 684 valence electrons. The minimum atomic E-state index is -0.404. The number of rotatable bonds is 50. The maximum Gasteiger partial charge on any atom is 0.263 e. The highest BCUT2D eigenvalue weighted by Gasteiger charge is 2.50. The maximum atomic E-state index is 15.9. The Bertz CT molecular complexity index is 5900. The van der Waals surface area contributed by atoms with E-state index in [1.54, 1.807) is 26.5 Å². The van der Waals surface area contributed by atoms with Crippen molar-refractivity contribution in [2.24, 2.45) is 4.99 Å². The van der Waals surface area contributed by atoms with Gasteiger partial charge in [-0.25, -0.2) is 15.0 Å². The van der Waals surface area contributed by atoms with Crippen molar-refractivity contribution in [2.45, 2.75) is 343 Å². The molecule has 7 aromatic carbocycles. The Morgan fingerprint density at radius 1 is 0.344 bits per heavy atom. The number of nitrogens with zero attached hydrogens (tertiary/aromatic N) is 11. The first-order valence-corrected chi connectivity index (χ1v) is 49.6. The van der Waals surface area contributed by atoms with Crippen LogP contribution in [-0.2, 0) is 6.42 Å². The highest BCUT2D eigenvalue weighted by molar-refractivity contribution is 6.41. The summed E-state index contributed by atoms with van der Waals surface area (Å²) in [5, 5.41) is 15.3. The Hall–Kier alpha value is -10.4. The Kier molecular flexibility index (Phi) is 33.0. The van der Waals surface area contributed by atoms with Gasteiger partial charge in [0.25, 0.3) is 40.3 Å². The van der Waals surface area contributed by atoms with E-state index < -0.39 is 17.7 Å². The molecule has 0 fully saturated rings. The summed E-state index contributed by atoms with van der Waals surface area (Å²) in [5.41, 5.74) is 8.83. The van der Waals surface area contributed by atoms with Gasteiger partial charge in [-0.2, -0.15) is 0 Å². The van der Waals surface area contributed by atoms with Crippen molar-refractivity contribution in [1.82, 2.24) is 38.9 Å². The van der Waals surface area contributed by atoms with Crippen molar-refractivity contribution in [1.29, 1.82) is 0 Å². The van der Waals surface area contributed by atoms with Crippen LogP contribution < -0.4 is 31.4 Å². The van der Waals surface area contributed by atoms with E-state index in [9.17, 15) is 9.90 Å². The molecule has 0 bridgehead atoms. The van der Waals surface area contributed by atoms with E-state index in [0.29, 0.717) is 130 Å². The molecule has 20 heteroatoms. The molecule has 0 radical (unpaired) electrons. The van der Waals surface area contributed by atoms with Crippen LogP contribution in [0, 0.1) is 0 Å². The number of anilines is 3. The number of aromatic amines is 1. The molecular weight excluding hydrogens is 1590 g/mol. The zero-order chi connectivity index (χ0) is 91.0. The summed E-state index contributed by atoms with van der Waals surface area (Å²) in [5.74, 6) is -0.728. The molecule has 3 aliphatic heterocycles. The second-order valence-electron chi connectivity index (χ2n) is 37.6. The molecule has 20 nitrogen and oxygen atoms in total. The van der Waals surface area contributed by atoms with E-state index in [1.165, 1.54) is 4.57 Å². The standard InChI is InChI=1S/C59H77N7O4.C49H67N5O4/c1-9-13-17-21-29-38(30-22-18-14-10-2)65-56(67)46-42-37-43(40-33-25-27-35-44(40)63(5)6)60-52(42)49-48-47(46)50(58(65)69)53-54(62-55(61-53)41-34-26-28-36-45(41)64(7)8)51(48)59(70)66(57(49)68)39(31-23-19-15-11-3)32-24-20-16-12-4;1-7-11-15-19-25-33(26-20-16-12-8-2)53-46(55)36-31-32-37-40-39(36)41(48(53)57)43-44(51-45(50-43)35-29-23-24-30-38(35)52(5)6)42(40)49(58)54(47(37)56)34(27-21-17-13-9-3)28-22-18-14-10-4/h25-28,33-36,38-39H,9-24,29-32,37H2,1-8H3,(H,61,62);23-24,29-34,55H,7-22,25-28H2,1-6H3. The van der Waals surface area contributed by atoms with Gasteiger partial charge in [0.15, 0.2) is 5.82 Å². The zero-order valence-electron chi connectivity index (χ0n) is 79.6. The number of aliphatic imine (C=N–C) groups is 1. The molecule has 0 spiro atoms. The molecule has 7 heterocycles. The molecule has 2 N–H and O–H groups in total. The molecule has 4 amide bonds. The van der Waals surface area contributed by atoms with Crippen LogP contribution in [0.3, 0.4) is 0 Å². The molecule has 0 saturated heterocycles. The number of imidazole rings is 2. The molecule has 0 saturated carbocycles. The molecule has 0 unspecified atom stereocenters. The van der Waals surface area contributed by atoms with Crippen molar-refractivity contribution in [3.8, 4) is 28.7 Å². The summed E-state index contributed by atoms with van der Waals surface area (Å²) < 4.78 is 3.13. The molecule has 0 atom stereocenters. The number of unbranched alkanes of at least 4 members (excludes halogenated alkanes) is 24. The van der Waals surface area contributed by atoms with Gasteiger partial charge in [-0.1, -0.05) is 303 Å². The van der Waals surface area contributed by atoms with E-state index in [0.717, 1.165) is 271 Å². The number of hydrogen-bond donors (Lipinski definition) is 2. The van der Waals surface area contributed by atoms with Gasteiger partial charge in [-0.3, -0.25) is 57.5 Å². The first-order valence-electron chi connectivity index (χ1n) is 49.6. The second-order valence-corrected chi connectivity index (χ2v) is 37.6. The van der Waals surface area contributed by atoms with Gasteiger partial charge >= 0.3 is 0 Å². The third-order valence-corrected chi connectivity index (χ3v) is 27.8. The Labute approximate surface area is 758 Å². The number of fused-ring (bicyclic) bond motifs is 9. The smallest absolute Gasteiger partial charge is 0.263 e. The number of nitrogens with one attached hydrogen (secondary N) is 1. The van der Waals surface area contributed by atoms with E-state index in [2.05, 4.69) is 77.4 Å². The number of carbonyl (C=O) groups excluding carboxylic acids is 4. The molecule has 3 aliphatic rings. The number of pyridine rings is 2. The third kappa shape index (κ3) is 19.4. The van der Waals surface area contributed by atoms with Crippen LogP contribution in [0.25, 0.3) is 87.9 Å². The minimum Gasteiger partial charge on any atom is -0.494 e. The summed E-state index contributed by atoms with van der Waals surface area (Å²) in [4.78, 5) is 143. The Morgan fingerprint density at radius 3 is 1.14 bits per heavy atom. The van der Waals surface area contributed by atoms with Crippen LogP contribution in [0.2, 0.25) is 0 Å². The van der Waals surface area contributed by atoms with Gasteiger partial charge in [-0.15, -0.1) is 0 Å². The average molecular weight is 1740 g/mol. The fourth-order valence-corrected chi connectivity index (χ4v) is 21.0. The lowest BCUT2D eigenvalue weighted by Gasteiger charge is -2.38. The summed E-state index contributed by atoms with van der Waals surface area (Å²) in [6.07, 6.45) is 39.4. The predicted octanol–water partition coefficient (Wildman–Crippen LogP) is 26.1. The van der Waals surface area contributed by atoms with E-state index in [1.807, 2.05) is 113 Å². The van der Waals surface area contributed by atoms with Crippen LogP contribution in [0.5, 0.6) is 5.88 Å². The molecule has 0 aliphatic carbocycles. The summed E-state index contributed by atoms with van der Waals surface area (Å²) >= 11 is 0. The van der Waals surface area contributed by atoms with Crippen molar-refractivity contribution in [3.05, 3.63) is 149 Å². The second kappa shape index (κ2) is 44.3. The molecule has 14 rings (SSSR count). The van der Waals surface area contributed by atoms with Crippen LogP contribution in [0.1, 0.15) is 377 Å². The van der Waals surface area contributed by atoms with Crippen molar-refractivity contribution >= 4 is 117 Å². The van der Waals surface area contributed by atoms with Crippen molar-refractivity contribution in [3.63, 3.8) is 0 Å². The zero-order valence-corrected chi connectivity index (χ0v) is 79.6. The fourth-order valence-electron chi connectivity index (χ4n) is 21.0. The topological polar surface area (TPSA) is 233 Å².